The molecular formula is C28H39ClN4O7. The molecule has 0 spiro atoms. The number of amides is 4. The lowest BCUT2D eigenvalue weighted by Gasteiger charge is -2.35. The Morgan fingerprint density at radius 3 is 2.50 bits per heavy atom. The summed E-state index contributed by atoms with van der Waals surface area (Å²) in [5.74, 6) is -2.22. The molecule has 3 N–H and O–H groups in total. The number of esters is 1. The van der Waals surface area contributed by atoms with Crippen LogP contribution in [0.4, 0.5) is 5.69 Å². The number of hydrogen-bond acceptors (Lipinski definition) is 7. The van der Waals surface area contributed by atoms with E-state index in [9.17, 15) is 24.0 Å². The second-order valence-electron chi connectivity index (χ2n) is 11.4. The van der Waals surface area contributed by atoms with Gasteiger partial charge in [-0.3, -0.25) is 24.0 Å². The number of carbonyl (C=O) groups excluding carboxylic acids is 5. The highest BCUT2D eigenvalue weighted by atomic mass is 35.5. The van der Waals surface area contributed by atoms with Crippen molar-refractivity contribution in [1.29, 1.82) is 0 Å². The van der Waals surface area contributed by atoms with Crippen molar-refractivity contribution in [3.05, 3.63) is 28.8 Å². The Morgan fingerprint density at radius 1 is 1.20 bits per heavy atom. The largest absolute Gasteiger partial charge is 0.433 e. The summed E-state index contributed by atoms with van der Waals surface area (Å²) in [4.78, 5) is 65.5. The number of nitrogens with one attached hydrogen (secondary N) is 3. The van der Waals surface area contributed by atoms with E-state index < -0.39 is 53.5 Å². The maximum Gasteiger partial charge on any atom is 0.310 e. The standard InChI is InChI=1S/C28H39ClN4O7/c1-7-39-27-19(14-21(34)40-27)31-25(37)20-9-8-12-33(20)26(38)22(28(4,5)6)32-24(36)17-11-10-16(13-18(17)29)30-23(35)15(2)3/h10-11,13,15,19-20,22,27H,7-9,12,14H2,1-6H3,(H,30,35)(H,31,37)(H,32,36)/t19-,20-,22+,27+/m0/s1. The molecule has 2 saturated heterocycles. The topological polar surface area (TPSA) is 143 Å². The van der Waals surface area contributed by atoms with Crippen LogP contribution in [0.25, 0.3) is 0 Å². The van der Waals surface area contributed by atoms with Crippen molar-refractivity contribution in [1.82, 2.24) is 15.5 Å². The Kier molecular flexibility index (Phi) is 10.2. The molecule has 220 valence electrons. The second kappa shape index (κ2) is 13.0. The van der Waals surface area contributed by atoms with Crippen LogP contribution in [0.1, 0.15) is 71.2 Å². The SMILES string of the molecule is CCO[C@@H]1OC(=O)C[C@@H]1NC(=O)[C@@H]1CCCN1C(=O)[C@@H](NC(=O)c1ccc(NC(=O)C(C)C)cc1Cl)C(C)(C)C. The van der Waals surface area contributed by atoms with E-state index in [1.165, 1.54) is 17.0 Å². The van der Waals surface area contributed by atoms with Gasteiger partial charge in [-0.25, -0.2) is 0 Å². The van der Waals surface area contributed by atoms with E-state index in [0.29, 0.717) is 31.7 Å². The van der Waals surface area contributed by atoms with Crippen molar-refractivity contribution >= 4 is 46.9 Å². The first-order valence-corrected chi connectivity index (χ1v) is 13.9. The van der Waals surface area contributed by atoms with Gasteiger partial charge in [0.15, 0.2) is 0 Å². The van der Waals surface area contributed by atoms with E-state index in [4.69, 9.17) is 21.1 Å². The van der Waals surface area contributed by atoms with Crippen molar-refractivity contribution in [2.45, 2.75) is 85.2 Å². The molecule has 1 aromatic carbocycles. The smallest absolute Gasteiger partial charge is 0.310 e. The summed E-state index contributed by atoms with van der Waals surface area (Å²) in [6, 6.07) is 2.17. The fourth-order valence-electron chi connectivity index (χ4n) is 4.64. The molecule has 0 bridgehead atoms. The van der Waals surface area contributed by atoms with Crippen molar-refractivity contribution < 1.29 is 33.4 Å². The van der Waals surface area contributed by atoms with Gasteiger partial charge >= 0.3 is 5.97 Å². The summed E-state index contributed by atoms with van der Waals surface area (Å²) in [6.45, 7) is 11.4. The zero-order valence-electron chi connectivity index (χ0n) is 23.8. The van der Waals surface area contributed by atoms with Crippen LogP contribution in [0.5, 0.6) is 0 Å². The van der Waals surface area contributed by atoms with Crippen LogP contribution in [0.2, 0.25) is 5.02 Å². The summed E-state index contributed by atoms with van der Waals surface area (Å²) >= 11 is 6.38. The number of likely N-dealkylation sites (tertiary alicyclic amines) is 1. The van der Waals surface area contributed by atoms with Gasteiger partial charge in [-0.2, -0.15) is 0 Å². The molecule has 2 fully saturated rings. The van der Waals surface area contributed by atoms with Crippen molar-refractivity contribution in [2.24, 2.45) is 11.3 Å². The van der Waals surface area contributed by atoms with Gasteiger partial charge in [-0.05, 0) is 43.4 Å². The Morgan fingerprint density at radius 2 is 1.90 bits per heavy atom. The number of nitrogens with zero attached hydrogens (tertiary/aromatic N) is 1. The molecule has 0 aromatic heterocycles. The number of cyclic esters (lactones) is 1. The Balaban J connectivity index is 1.74. The molecule has 40 heavy (non-hydrogen) atoms. The third-order valence-corrected chi connectivity index (χ3v) is 7.17. The predicted octanol–water partition coefficient (Wildman–Crippen LogP) is 2.86. The van der Waals surface area contributed by atoms with Gasteiger partial charge in [0.25, 0.3) is 5.91 Å². The van der Waals surface area contributed by atoms with Gasteiger partial charge in [0.05, 0.1) is 17.0 Å². The molecule has 2 aliphatic rings. The van der Waals surface area contributed by atoms with E-state index in [-0.39, 0.29) is 28.8 Å². The molecule has 11 nitrogen and oxygen atoms in total. The highest BCUT2D eigenvalue weighted by Crippen LogP contribution is 2.28. The zero-order valence-corrected chi connectivity index (χ0v) is 24.6. The minimum atomic E-state index is -0.961. The number of benzene rings is 1. The number of rotatable bonds is 9. The molecule has 0 radical (unpaired) electrons. The summed E-state index contributed by atoms with van der Waals surface area (Å²) in [5, 5.41) is 8.48. The molecule has 0 saturated carbocycles. The quantitative estimate of drug-likeness (QED) is 0.382. The number of hydrogen-bond donors (Lipinski definition) is 3. The average Bonchev–Trinajstić information content (AvgIpc) is 3.48. The Hall–Kier alpha value is -3.18. The second-order valence-corrected chi connectivity index (χ2v) is 11.8. The van der Waals surface area contributed by atoms with Gasteiger partial charge in [-0.1, -0.05) is 46.2 Å². The van der Waals surface area contributed by atoms with E-state index in [2.05, 4.69) is 16.0 Å². The summed E-state index contributed by atoms with van der Waals surface area (Å²) in [5.41, 5.74) is -0.0924. The molecule has 0 unspecified atom stereocenters. The number of anilines is 1. The summed E-state index contributed by atoms with van der Waals surface area (Å²) in [6.07, 6.45) is 0.166. The van der Waals surface area contributed by atoms with Crippen LogP contribution in [0.15, 0.2) is 18.2 Å². The molecule has 12 heteroatoms. The lowest BCUT2D eigenvalue weighted by Crippen LogP contribution is -2.58. The maximum absolute atomic E-state index is 13.8. The van der Waals surface area contributed by atoms with Crippen LogP contribution >= 0.6 is 11.6 Å². The highest BCUT2D eigenvalue weighted by Gasteiger charge is 2.44. The van der Waals surface area contributed by atoms with Gasteiger partial charge in [0, 0.05) is 24.8 Å². The predicted molar refractivity (Wildman–Crippen MR) is 148 cm³/mol. The van der Waals surface area contributed by atoms with E-state index in [0.717, 1.165) is 0 Å². The lowest BCUT2D eigenvalue weighted by molar-refractivity contribution is -0.164. The Labute approximate surface area is 239 Å². The molecule has 0 aliphatic carbocycles. The van der Waals surface area contributed by atoms with E-state index in [1.54, 1.807) is 26.8 Å². The van der Waals surface area contributed by atoms with Gasteiger partial charge in [-0.15, -0.1) is 0 Å². The fourth-order valence-corrected chi connectivity index (χ4v) is 4.90. The first-order chi connectivity index (χ1) is 18.7. The van der Waals surface area contributed by atoms with Crippen LogP contribution in [-0.2, 0) is 28.7 Å². The maximum atomic E-state index is 13.8. The first-order valence-electron chi connectivity index (χ1n) is 13.6. The van der Waals surface area contributed by atoms with Gasteiger partial charge in [0.1, 0.15) is 18.1 Å². The summed E-state index contributed by atoms with van der Waals surface area (Å²) in [7, 11) is 0. The minimum Gasteiger partial charge on any atom is -0.433 e. The van der Waals surface area contributed by atoms with Crippen molar-refractivity contribution in [3.8, 4) is 0 Å². The lowest BCUT2D eigenvalue weighted by atomic mass is 9.85. The minimum absolute atomic E-state index is 0.0154. The van der Waals surface area contributed by atoms with Crippen LogP contribution in [-0.4, -0.2) is 72.1 Å². The van der Waals surface area contributed by atoms with E-state index >= 15 is 0 Å². The van der Waals surface area contributed by atoms with Gasteiger partial charge < -0.3 is 30.3 Å². The molecule has 2 heterocycles. The molecule has 1 aromatic rings. The number of halogens is 1. The number of carbonyl (C=O) groups is 5. The highest BCUT2D eigenvalue weighted by molar-refractivity contribution is 6.34. The molecule has 4 amide bonds. The zero-order chi connectivity index (χ0) is 29.8. The third kappa shape index (κ3) is 7.51. The van der Waals surface area contributed by atoms with Crippen LogP contribution < -0.4 is 16.0 Å². The molecular weight excluding hydrogens is 540 g/mol. The third-order valence-electron chi connectivity index (χ3n) is 6.85. The fraction of sp³-hybridized carbons (Fsp3) is 0.607. The summed E-state index contributed by atoms with van der Waals surface area (Å²) < 4.78 is 10.6. The van der Waals surface area contributed by atoms with Gasteiger partial charge in [0.2, 0.25) is 24.0 Å². The van der Waals surface area contributed by atoms with Crippen molar-refractivity contribution in [3.63, 3.8) is 0 Å². The first kappa shape index (κ1) is 31.3. The molecule has 3 rings (SSSR count). The van der Waals surface area contributed by atoms with E-state index in [1.807, 2.05) is 20.8 Å². The van der Waals surface area contributed by atoms with Crippen LogP contribution in [0.3, 0.4) is 0 Å². The van der Waals surface area contributed by atoms with Crippen molar-refractivity contribution in [2.75, 3.05) is 18.5 Å². The normalized spacial score (nSPS) is 21.6. The Bertz CT molecular complexity index is 1150. The molecule has 2 aliphatic heterocycles. The number of ether oxygens (including phenoxy) is 2. The van der Waals surface area contributed by atoms with Crippen LogP contribution in [0, 0.1) is 11.3 Å². The monoisotopic (exact) mass is 578 g/mol. The average molecular weight is 579 g/mol. The molecule has 4 atom stereocenters.